The minimum absolute atomic E-state index is 0.120. The molecule has 1 N–H and O–H groups in total. The summed E-state index contributed by atoms with van der Waals surface area (Å²) in [4.78, 5) is 25.2. The molecule has 0 radical (unpaired) electrons. The number of carbonyl (C=O) groups excluding carboxylic acids is 1. The van der Waals surface area contributed by atoms with Crippen LogP contribution in [0.4, 0.5) is 0 Å². The summed E-state index contributed by atoms with van der Waals surface area (Å²) in [6.45, 7) is 4.87. The topological polar surface area (TPSA) is 76.1 Å². The molecule has 1 rings (SSSR count). The fourth-order valence-corrected chi connectivity index (χ4v) is 2.53. The number of piperidine rings is 1. The maximum Gasteiger partial charge on any atom is 0.313 e. The Morgan fingerprint density at radius 3 is 2.68 bits per heavy atom. The van der Waals surface area contributed by atoms with Gasteiger partial charge in [0.1, 0.15) is 11.5 Å². The highest BCUT2D eigenvalue weighted by Crippen LogP contribution is 2.31. The molecular formula is C13H23NO5. The van der Waals surface area contributed by atoms with Gasteiger partial charge in [0.05, 0.1) is 6.61 Å². The van der Waals surface area contributed by atoms with E-state index < -0.39 is 17.5 Å². The van der Waals surface area contributed by atoms with Crippen molar-refractivity contribution in [2.45, 2.75) is 32.8 Å². The van der Waals surface area contributed by atoms with Gasteiger partial charge in [-0.3, -0.25) is 9.59 Å². The number of carbonyl (C=O) groups is 2. The number of hydrogen-bond donors (Lipinski definition) is 1. The second-order valence-electron chi connectivity index (χ2n) is 4.98. The number of likely N-dealkylation sites (tertiary alicyclic amines) is 1. The van der Waals surface area contributed by atoms with E-state index in [4.69, 9.17) is 9.47 Å². The number of ether oxygens (including phenoxy) is 2. The number of methoxy groups -OCH3 is 1. The maximum atomic E-state index is 12.2. The molecule has 1 aliphatic heterocycles. The van der Waals surface area contributed by atoms with Crippen LogP contribution in [-0.4, -0.2) is 61.4 Å². The lowest BCUT2D eigenvalue weighted by atomic mass is 9.80. The zero-order chi connectivity index (χ0) is 14.5. The molecule has 1 amide bonds. The lowest BCUT2D eigenvalue weighted by Gasteiger charge is -2.40. The largest absolute Gasteiger partial charge is 0.481 e. The van der Waals surface area contributed by atoms with Crippen LogP contribution in [0, 0.1) is 5.41 Å². The lowest BCUT2D eigenvalue weighted by molar-refractivity contribution is -0.161. The van der Waals surface area contributed by atoms with E-state index in [1.807, 2.05) is 6.92 Å². The number of carboxylic acid groups (broad SMARTS) is 1. The van der Waals surface area contributed by atoms with E-state index >= 15 is 0 Å². The predicted octanol–water partition coefficient (Wildman–Crippen LogP) is 0.751. The van der Waals surface area contributed by atoms with Crippen LogP contribution in [0.3, 0.4) is 0 Å². The molecule has 1 aliphatic rings. The summed E-state index contributed by atoms with van der Waals surface area (Å²) in [5.74, 6) is -1.06. The van der Waals surface area contributed by atoms with Crippen molar-refractivity contribution in [3.8, 4) is 0 Å². The molecule has 1 saturated heterocycles. The summed E-state index contributed by atoms with van der Waals surface area (Å²) in [6.07, 6.45) is 0.667. The Hall–Kier alpha value is -1.14. The van der Waals surface area contributed by atoms with E-state index in [1.165, 1.54) is 7.11 Å². The van der Waals surface area contributed by atoms with Crippen LogP contribution >= 0.6 is 0 Å². The van der Waals surface area contributed by atoms with E-state index in [1.54, 1.807) is 11.8 Å². The van der Waals surface area contributed by atoms with Gasteiger partial charge in [-0.2, -0.15) is 0 Å². The molecule has 0 saturated carbocycles. The molecule has 0 aliphatic carbocycles. The first-order chi connectivity index (χ1) is 8.96. The molecule has 6 nitrogen and oxygen atoms in total. The second-order valence-corrected chi connectivity index (χ2v) is 4.98. The zero-order valence-electron chi connectivity index (χ0n) is 11.8. The van der Waals surface area contributed by atoms with E-state index in [9.17, 15) is 14.7 Å². The summed E-state index contributed by atoms with van der Waals surface area (Å²) in [6, 6.07) is 0. The maximum absolute atomic E-state index is 12.2. The highest BCUT2D eigenvalue weighted by atomic mass is 16.5. The summed E-state index contributed by atoms with van der Waals surface area (Å²) in [7, 11) is 1.48. The van der Waals surface area contributed by atoms with Crippen molar-refractivity contribution in [1.29, 1.82) is 0 Å². The van der Waals surface area contributed by atoms with Crippen LogP contribution in [-0.2, 0) is 19.1 Å². The number of aliphatic carboxylic acids is 1. The van der Waals surface area contributed by atoms with E-state index in [0.717, 1.165) is 0 Å². The third-order valence-electron chi connectivity index (χ3n) is 3.53. The molecule has 6 heteroatoms. The van der Waals surface area contributed by atoms with Crippen molar-refractivity contribution >= 4 is 11.9 Å². The van der Waals surface area contributed by atoms with E-state index in [0.29, 0.717) is 26.0 Å². The molecule has 2 atom stereocenters. The summed E-state index contributed by atoms with van der Waals surface area (Å²) < 4.78 is 10.3. The monoisotopic (exact) mass is 273 g/mol. The van der Waals surface area contributed by atoms with Gasteiger partial charge in [-0.05, 0) is 26.7 Å². The molecule has 1 fully saturated rings. The molecule has 0 aromatic rings. The Morgan fingerprint density at radius 2 is 2.16 bits per heavy atom. The summed E-state index contributed by atoms with van der Waals surface area (Å²) >= 11 is 0. The van der Waals surface area contributed by atoms with Crippen molar-refractivity contribution in [2.75, 3.05) is 33.4 Å². The van der Waals surface area contributed by atoms with Crippen LogP contribution in [0.15, 0.2) is 0 Å². The minimum Gasteiger partial charge on any atom is -0.481 e. The fraction of sp³-hybridized carbons (Fsp3) is 0.846. The van der Waals surface area contributed by atoms with Gasteiger partial charge in [0.15, 0.2) is 0 Å². The summed E-state index contributed by atoms with van der Waals surface area (Å²) in [5, 5.41) is 9.41. The molecule has 19 heavy (non-hydrogen) atoms. The zero-order valence-corrected chi connectivity index (χ0v) is 11.8. The molecule has 110 valence electrons. The van der Waals surface area contributed by atoms with Gasteiger partial charge in [-0.25, -0.2) is 0 Å². The highest BCUT2D eigenvalue weighted by molar-refractivity contribution is 5.82. The smallest absolute Gasteiger partial charge is 0.313 e. The van der Waals surface area contributed by atoms with Crippen molar-refractivity contribution < 1.29 is 24.2 Å². The van der Waals surface area contributed by atoms with Crippen LogP contribution in [0.1, 0.15) is 26.7 Å². The molecule has 0 aromatic carbocycles. The Bertz CT molecular complexity index is 329. The number of rotatable bonds is 6. The number of carboxylic acids is 1. The first kappa shape index (κ1) is 15.9. The number of hydrogen-bond acceptors (Lipinski definition) is 4. The van der Waals surface area contributed by atoms with Crippen LogP contribution in [0.2, 0.25) is 0 Å². The predicted molar refractivity (Wildman–Crippen MR) is 68.8 cm³/mol. The third-order valence-corrected chi connectivity index (χ3v) is 3.53. The molecule has 1 heterocycles. The normalized spacial score (nSPS) is 25.1. The van der Waals surface area contributed by atoms with E-state index in [2.05, 4.69) is 0 Å². The Balaban J connectivity index is 2.77. The Labute approximate surface area is 113 Å². The van der Waals surface area contributed by atoms with Gasteiger partial charge >= 0.3 is 5.97 Å². The molecule has 0 spiro atoms. The van der Waals surface area contributed by atoms with Crippen molar-refractivity contribution in [1.82, 2.24) is 4.90 Å². The van der Waals surface area contributed by atoms with Gasteiger partial charge in [0.2, 0.25) is 0 Å². The number of nitrogens with zero attached hydrogens (tertiary/aromatic N) is 1. The highest BCUT2D eigenvalue weighted by Gasteiger charge is 2.44. The average Bonchev–Trinajstić information content (AvgIpc) is 2.38. The SMILES string of the molecule is CCOC(C)C(=O)N1CCCC(COC)(C(=O)O)C1. The first-order valence-corrected chi connectivity index (χ1v) is 6.59. The minimum atomic E-state index is -0.991. The van der Waals surface area contributed by atoms with Gasteiger partial charge in [-0.15, -0.1) is 0 Å². The van der Waals surface area contributed by atoms with Crippen molar-refractivity contribution in [3.63, 3.8) is 0 Å². The van der Waals surface area contributed by atoms with Crippen LogP contribution < -0.4 is 0 Å². The number of amides is 1. The molecular weight excluding hydrogens is 250 g/mol. The standard InChI is InChI=1S/C13H23NO5/c1-4-19-10(2)11(15)14-7-5-6-13(8-14,9-18-3)12(16)17/h10H,4-9H2,1-3H3,(H,16,17). The Morgan fingerprint density at radius 1 is 1.47 bits per heavy atom. The quantitative estimate of drug-likeness (QED) is 0.773. The first-order valence-electron chi connectivity index (χ1n) is 6.59. The second kappa shape index (κ2) is 6.86. The molecule has 0 bridgehead atoms. The molecule has 2 unspecified atom stereocenters. The van der Waals surface area contributed by atoms with Crippen LogP contribution in [0.25, 0.3) is 0 Å². The van der Waals surface area contributed by atoms with Crippen molar-refractivity contribution in [2.24, 2.45) is 5.41 Å². The molecule has 0 aromatic heterocycles. The van der Waals surface area contributed by atoms with Gasteiger partial charge in [-0.1, -0.05) is 0 Å². The lowest BCUT2D eigenvalue weighted by Crippen LogP contribution is -2.54. The van der Waals surface area contributed by atoms with Gasteiger partial charge in [0.25, 0.3) is 5.91 Å². The fourth-order valence-electron chi connectivity index (χ4n) is 2.53. The summed E-state index contributed by atoms with van der Waals surface area (Å²) in [5.41, 5.74) is -0.991. The van der Waals surface area contributed by atoms with Crippen molar-refractivity contribution in [3.05, 3.63) is 0 Å². The van der Waals surface area contributed by atoms with E-state index in [-0.39, 0.29) is 19.1 Å². The average molecular weight is 273 g/mol. The van der Waals surface area contributed by atoms with Gasteiger partial charge in [0, 0.05) is 26.8 Å². The van der Waals surface area contributed by atoms with Crippen LogP contribution in [0.5, 0.6) is 0 Å². The van der Waals surface area contributed by atoms with Gasteiger partial charge < -0.3 is 19.5 Å². The Kier molecular flexibility index (Phi) is 5.75. The third kappa shape index (κ3) is 3.67.